The van der Waals surface area contributed by atoms with Gasteiger partial charge in [-0.2, -0.15) is 0 Å². The van der Waals surface area contributed by atoms with Crippen molar-refractivity contribution in [3.8, 4) is 0 Å². The quantitative estimate of drug-likeness (QED) is 0.485. The molecule has 0 amide bonds. The van der Waals surface area contributed by atoms with Crippen molar-refractivity contribution in [2.75, 3.05) is 40.9 Å². The molecule has 0 heterocycles. The van der Waals surface area contributed by atoms with Crippen molar-refractivity contribution in [2.45, 2.75) is 19.4 Å². The molecular formula is C9H23NO4P+. The third-order valence-electron chi connectivity index (χ3n) is 2.07. The second-order valence-corrected chi connectivity index (χ2v) is 5.31. The van der Waals surface area contributed by atoms with Crippen molar-refractivity contribution >= 4 is 8.60 Å². The van der Waals surface area contributed by atoms with Crippen molar-refractivity contribution in [3.63, 3.8) is 0 Å². The normalized spacial score (nSPS) is 16.4. The average Bonchev–Trinajstić information content (AvgIpc) is 2.13. The van der Waals surface area contributed by atoms with Gasteiger partial charge in [0, 0.05) is 7.11 Å². The number of hydrogen-bond donors (Lipinski definition) is 2. The van der Waals surface area contributed by atoms with E-state index in [9.17, 15) is 5.11 Å². The lowest BCUT2D eigenvalue weighted by Crippen LogP contribution is -2.46. The number of hydrogen-bond acceptors (Lipinski definition) is 4. The van der Waals surface area contributed by atoms with Gasteiger partial charge in [-0.1, -0.05) is 6.92 Å². The standard InChI is InChI=1S/C9H23NO4P/c1-5-6-10(2,3)7-9(11)8-14-15(12)13-4/h9,11-12H,5-8H2,1-4H3/q+1. The molecule has 0 saturated heterocycles. The summed E-state index contributed by atoms with van der Waals surface area (Å²) in [6.07, 6.45) is 0.504. The van der Waals surface area contributed by atoms with E-state index in [0.29, 0.717) is 6.54 Å². The molecule has 0 radical (unpaired) electrons. The monoisotopic (exact) mass is 240 g/mol. The van der Waals surface area contributed by atoms with E-state index in [4.69, 9.17) is 9.42 Å². The van der Waals surface area contributed by atoms with Gasteiger partial charge in [-0.15, -0.1) is 0 Å². The predicted molar refractivity (Wildman–Crippen MR) is 60.2 cm³/mol. The molecule has 0 rings (SSSR count). The van der Waals surface area contributed by atoms with Crippen LogP contribution < -0.4 is 0 Å². The highest BCUT2D eigenvalue weighted by molar-refractivity contribution is 7.40. The largest absolute Gasteiger partial charge is 0.385 e. The number of quaternary nitrogens is 1. The zero-order valence-corrected chi connectivity index (χ0v) is 10.9. The number of nitrogens with zero attached hydrogens (tertiary/aromatic N) is 1. The fourth-order valence-corrected chi connectivity index (χ4v) is 1.93. The fraction of sp³-hybridized carbons (Fsp3) is 1.00. The van der Waals surface area contributed by atoms with Crippen LogP contribution in [-0.4, -0.2) is 61.5 Å². The number of aliphatic hydroxyl groups excluding tert-OH is 1. The topological polar surface area (TPSA) is 58.9 Å². The summed E-state index contributed by atoms with van der Waals surface area (Å²) in [4.78, 5) is 9.01. The Kier molecular flexibility index (Phi) is 7.61. The van der Waals surface area contributed by atoms with Gasteiger partial charge in [0.2, 0.25) is 0 Å². The molecule has 15 heavy (non-hydrogen) atoms. The first kappa shape index (κ1) is 15.2. The van der Waals surface area contributed by atoms with Gasteiger partial charge in [-0.25, -0.2) is 0 Å². The molecule has 0 aromatic carbocycles. The van der Waals surface area contributed by atoms with Gasteiger partial charge in [0.15, 0.2) is 0 Å². The van der Waals surface area contributed by atoms with Crippen molar-refractivity contribution < 1.29 is 23.5 Å². The second kappa shape index (κ2) is 7.49. The van der Waals surface area contributed by atoms with E-state index in [0.717, 1.165) is 17.4 Å². The third-order valence-corrected chi connectivity index (χ3v) is 2.75. The van der Waals surface area contributed by atoms with Gasteiger partial charge in [0.1, 0.15) is 12.6 Å². The lowest BCUT2D eigenvalue weighted by atomic mass is 10.3. The molecule has 0 aliphatic heterocycles. The molecule has 0 saturated carbocycles. The van der Waals surface area contributed by atoms with Gasteiger partial charge in [-0.3, -0.25) is 0 Å². The molecule has 5 nitrogen and oxygen atoms in total. The van der Waals surface area contributed by atoms with Crippen LogP contribution >= 0.6 is 8.60 Å². The third kappa shape index (κ3) is 8.08. The Labute approximate surface area is 93.2 Å². The highest BCUT2D eigenvalue weighted by Gasteiger charge is 2.20. The minimum Gasteiger partial charge on any atom is -0.385 e. The van der Waals surface area contributed by atoms with Crippen LogP contribution in [0, 0.1) is 0 Å². The number of likely N-dealkylation sites (N-methyl/N-ethyl adjacent to an activating group) is 1. The van der Waals surface area contributed by atoms with Crippen LogP contribution in [0.4, 0.5) is 0 Å². The molecule has 2 N–H and O–H groups in total. The Hall–Kier alpha value is 0.230. The van der Waals surface area contributed by atoms with Crippen LogP contribution in [0.1, 0.15) is 13.3 Å². The maximum absolute atomic E-state index is 9.66. The minimum atomic E-state index is -1.83. The minimum absolute atomic E-state index is 0.113. The maximum Gasteiger partial charge on any atom is 0.329 e. The summed E-state index contributed by atoms with van der Waals surface area (Å²) < 4.78 is 10.2. The Balaban J connectivity index is 3.77. The Morgan fingerprint density at radius 2 is 2.00 bits per heavy atom. The Morgan fingerprint density at radius 1 is 1.40 bits per heavy atom. The van der Waals surface area contributed by atoms with Crippen LogP contribution in [-0.2, 0) is 9.05 Å². The summed E-state index contributed by atoms with van der Waals surface area (Å²) in [7, 11) is 3.66. The van der Waals surface area contributed by atoms with Crippen molar-refractivity contribution in [3.05, 3.63) is 0 Å². The van der Waals surface area contributed by atoms with Crippen LogP contribution in [0.15, 0.2) is 0 Å². The summed E-state index contributed by atoms with van der Waals surface area (Å²) >= 11 is 0. The molecule has 92 valence electrons. The summed E-state index contributed by atoms with van der Waals surface area (Å²) in [6, 6.07) is 0. The molecule has 6 heteroatoms. The molecule has 0 bridgehead atoms. The molecule has 0 aliphatic carbocycles. The maximum atomic E-state index is 9.66. The lowest BCUT2D eigenvalue weighted by Gasteiger charge is -2.31. The van der Waals surface area contributed by atoms with E-state index in [1.165, 1.54) is 7.11 Å². The molecular weight excluding hydrogens is 217 g/mol. The van der Waals surface area contributed by atoms with Crippen LogP contribution in [0.2, 0.25) is 0 Å². The van der Waals surface area contributed by atoms with Crippen LogP contribution in [0.5, 0.6) is 0 Å². The van der Waals surface area contributed by atoms with E-state index in [2.05, 4.69) is 25.5 Å². The van der Waals surface area contributed by atoms with Gasteiger partial charge in [0.05, 0.1) is 27.2 Å². The summed E-state index contributed by atoms with van der Waals surface area (Å²) in [5, 5.41) is 9.66. The molecule has 2 atom stereocenters. The number of rotatable bonds is 8. The van der Waals surface area contributed by atoms with E-state index in [1.807, 2.05) is 0 Å². The van der Waals surface area contributed by atoms with Crippen LogP contribution in [0.3, 0.4) is 0 Å². The predicted octanol–water partition coefficient (Wildman–Crippen LogP) is 0.716. The second-order valence-electron chi connectivity index (χ2n) is 4.21. The van der Waals surface area contributed by atoms with E-state index in [1.54, 1.807) is 0 Å². The first-order chi connectivity index (χ1) is 6.91. The highest BCUT2D eigenvalue weighted by Crippen LogP contribution is 2.30. The van der Waals surface area contributed by atoms with E-state index >= 15 is 0 Å². The lowest BCUT2D eigenvalue weighted by molar-refractivity contribution is -0.893. The molecule has 0 fully saturated rings. The Morgan fingerprint density at radius 3 is 2.47 bits per heavy atom. The van der Waals surface area contributed by atoms with Crippen LogP contribution in [0.25, 0.3) is 0 Å². The molecule has 0 spiro atoms. The van der Waals surface area contributed by atoms with Gasteiger partial charge in [-0.05, 0) is 6.42 Å². The summed E-state index contributed by atoms with van der Waals surface area (Å²) in [5.74, 6) is 0. The first-order valence-electron chi connectivity index (χ1n) is 5.07. The zero-order valence-electron chi connectivity index (χ0n) is 10.0. The summed E-state index contributed by atoms with van der Waals surface area (Å²) in [6.45, 7) is 3.85. The molecule has 0 aromatic rings. The van der Waals surface area contributed by atoms with Crippen molar-refractivity contribution in [2.24, 2.45) is 0 Å². The Bertz CT molecular complexity index is 168. The molecule has 0 aromatic heterocycles. The van der Waals surface area contributed by atoms with Gasteiger partial charge in [0.25, 0.3) is 0 Å². The molecule has 2 unspecified atom stereocenters. The molecule has 0 aliphatic rings. The SMILES string of the molecule is CCC[N+](C)(C)CC(O)COP(O)OC. The van der Waals surface area contributed by atoms with E-state index in [-0.39, 0.29) is 6.61 Å². The summed E-state index contributed by atoms with van der Waals surface area (Å²) in [5.41, 5.74) is 0. The smallest absolute Gasteiger partial charge is 0.329 e. The first-order valence-corrected chi connectivity index (χ1v) is 6.20. The van der Waals surface area contributed by atoms with E-state index < -0.39 is 14.7 Å². The van der Waals surface area contributed by atoms with Crippen molar-refractivity contribution in [1.82, 2.24) is 0 Å². The average molecular weight is 240 g/mol. The van der Waals surface area contributed by atoms with Crippen molar-refractivity contribution in [1.29, 1.82) is 0 Å². The number of aliphatic hydroxyl groups is 1. The van der Waals surface area contributed by atoms with Gasteiger partial charge >= 0.3 is 8.60 Å². The highest BCUT2D eigenvalue weighted by atomic mass is 31.2. The van der Waals surface area contributed by atoms with Gasteiger partial charge < -0.3 is 23.5 Å². The zero-order chi connectivity index (χ0) is 11.9. The fourth-order valence-electron chi connectivity index (χ4n) is 1.52.